The van der Waals surface area contributed by atoms with Crippen LogP contribution in [0.25, 0.3) is 0 Å². The minimum Gasteiger partial charge on any atom is -0.393 e. The van der Waals surface area contributed by atoms with Crippen molar-refractivity contribution in [3.63, 3.8) is 0 Å². The molecule has 0 aliphatic heterocycles. The fourth-order valence-electron chi connectivity index (χ4n) is 2.85. The van der Waals surface area contributed by atoms with Gasteiger partial charge in [0.1, 0.15) is 11.6 Å². The minimum absolute atomic E-state index is 0.109. The molecule has 118 valence electrons. The van der Waals surface area contributed by atoms with E-state index in [9.17, 15) is 5.11 Å². The maximum absolute atomic E-state index is 10.2. The average Bonchev–Trinajstić information content (AvgIpc) is 3.04. The fourth-order valence-corrected chi connectivity index (χ4v) is 3.29. The van der Waals surface area contributed by atoms with Gasteiger partial charge in [0.05, 0.1) is 16.1 Å². The van der Waals surface area contributed by atoms with Crippen molar-refractivity contribution in [3.05, 3.63) is 34.0 Å². The first-order chi connectivity index (χ1) is 10.5. The lowest BCUT2D eigenvalue weighted by Gasteiger charge is -2.16. The number of pyridine rings is 1. The summed E-state index contributed by atoms with van der Waals surface area (Å²) >= 11 is 11.9. The summed E-state index contributed by atoms with van der Waals surface area (Å²) in [6.07, 6.45) is 2.66. The summed E-state index contributed by atoms with van der Waals surface area (Å²) in [5, 5.41) is 21.4. The van der Waals surface area contributed by atoms with Gasteiger partial charge in [-0.15, -0.1) is 0 Å². The summed E-state index contributed by atoms with van der Waals surface area (Å²) in [4.78, 5) is 8.52. The van der Waals surface area contributed by atoms with Crippen molar-refractivity contribution in [2.24, 2.45) is 5.92 Å². The van der Waals surface area contributed by atoms with E-state index in [1.807, 2.05) is 6.92 Å². The van der Waals surface area contributed by atoms with Crippen molar-refractivity contribution in [2.75, 3.05) is 11.9 Å². The van der Waals surface area contributed by atoms with Gasteiger partial charge in [0.15, 0.2) is 5.82 Å². The first-order valence-corrected chi connectivity index (χ1v) is 7.90. The number of H-pyrrole nitrogens is 1. The minimum atomic E-state index is -0.387. The van der Waals surface area contributed by atoms with Gasteiger partial charge in [-0.3, -0.25) is 5.10 Å². The van der Waals surface area contributed by atoms with Crippen LogP contribution >= 0.6 is 23.2 Å². The second kappa shape index (κ2) is 6.40. The molecule has 1 saturated carbocycles. The molecule has 0 spiro atoms. The number of aliphatic hydroxyl groups excluding tert-OH is 1. The van der Waals surface area contributed by atoms with Gasteiger partial charge in [0.25, 0.3) is 0 Å². The van der Waals surface area contributed by atoms with Gasteiger partial charge >= 0.3 is 0 Å². The second-order valence-electron chi connectivity index (χ2n) is 5.64. The molecule has 0 unspecified atom stereocenters. The molecule has 0 radical (unpaired) electrons. The Kier molecular flexibility index (Phi) is 4.52. The van der Waals surface area contributed by atoms with Gasteiger partial charge in [0.2, 0.25) is 0 Å². The SMILES string of the molecule is Cc1nc([C@H]2C[C@H](CNc3ncc(Cl)cc3Cl)[C@H](O)C2)n[nH]1. The maximum Gasteiger partial charge on any atom is 0.153 e. The first kappa shape index (κ1) is 15.5. The molecule has 0 saturated heterocycles. The van der Waals surface area contributed by atoms with Crippen LogP contribution in [0, 0.1) is 12.8 Å². The zero-order valence-electron chi connectivity index (χ0n) is 12.1. The van der Waals surface area contributed by atoms with E-state index in [-0.39, 0.29) is 17.9 Å². The normalized spacial score (nSPS) is 24.6. The van der Waals surface area contributed by atoms with Crippen molar-refractivity contribution in [3.8, 4) is 0 Å². The Morgan fingerprint density at radius 1 is 1.41 bits per heavy atom. The molecular formula is C14H17Cl2N5O. The van der Waals surface area contributed by atoms with E-state index in [2.05, 4.69) is 25.5 Å². The Hall–Kier alpha value is -1.37. The number of nitrogens with one attached hydrogen (secondary N) is 2. The van der Waals surface area contributed by atoms with Crippen molar-refractivity contribution in [2.45, 2.75) is 31.8 Å². The molecule has 2 heterocycles. The van der Waals surface area contributed by atoms with Gasteiger partial charge in [-0.1, -0.05) is 23.2 Å². The molecule has 1 aliphatic rings. The number of aliphatic hydroxyl groups is 1. The number of rotatable bonds is 4. The molecule has 6 nitrogen and oxygen atoms in total. The van der Waals surface area contributed by atoms with Crippen molar-refractivity contribution in [1.82, 2.24) is 20.2 Å². The van der Waals surface area contributed by atoms with Crippen LogP contribution in [0.1, 0.15) is 30.4 Å². The lowest BCUT2D eigenvalue weighted by Crippen LogP contribution is -2.22. The molecule has 3 N–H and O–H groups in total. The topological polar surface area (TPSA) is 86.7 Å². The average molecular weight is 342 g/mol. The highest BCUT2D eigenvalue weighted by Gasteiger charge is 2.35. The predicted octanol–water partition coefficient (Wildman–Crippen LogP) is 2.78. The van der Waals surface area contributed by atoms with Crippen LogP contribution in [0.4, 0.5) is 5.82 Å². The summed E-state index contributed by atoms with van der Waals surface area (Å²) < 4.78 is 0. The summed E-state index contributed by atoms with van der Waals surface area (Å²) in [6, 6.07) is 1.64. The molecule has 8 heteroatoms. The quantitative estimate of drug-likeness (QED) is 0.795. The van der Waals surface area contributed by atoms with Crippen molar-refractivity contribution < 1.29 is 5.11 Å². The van der Waals surface area contributed by atoms with E-state index in [1.165, 1.54) is 0 Å². The summed E-state index contributed by atoms with van der Waals surface area (Å²) in [5.74, 6) is 2.44. The molecule has 0 amide bonds. The summed E-state index contributed by atoms with van der Waals surface area (Å²) in [7, 11) is 0. The van der Waals surface area contributed by atoms with Crippen LogP contribution in [-0.4, -0.2) is 37.9 Å². The zero-order chi connectivity index (χ0) is 15.7. The van der Waals surface area contributed by atoms with Crippen LogP contribution in [-0.2, 0) is 0 Å². The molecule has 2 aromatic rings. The molecule has 0 bridgehead atoms. The fraction of sp³-hybridized carbons (Fsp3) is 0.500. The molecule has 1 aliphatic carbocycles. The van der Waals surface area contributed by atoms with Gasteiger partial charge < -0.3 is 10.4 Å². The highest BCUT2D eigenvalue weighted by Crippen LogP contribution is 2.37. The molecule has 22 heavy (non-hydrogen) atoms. The standard InChI is InChI=1S/C14H17Cl2N5O/c1-7-19-13(21-20-7)8-2-9(12(22)3-8)5-17-14-11(16)4-10(15)6-18-14/h4,6,8-9,12,22H,2-3,5H2,1H3,(H,17,18)(H,19,20,21)/t8-,9+,12+/m0/s1. The number of aromatic nitrogens is 4. The highest BCUT2D eigenvalue weighted by atomic mass is 35.5. The number of anilines is 1. The lowest BCUT2D eigenvalue weighted by molar-refractivity contribution is 0.137. The summed E-state index contributed by atoms with van der Waals surface area (Å²) in [5.41, 5.74) is 0. The first-order valence-electron chi connectivity index (χ1n) is 7.15. The van der Waals surface area contributed by atoms with E-state index in [0.29, 0.717) is 28.8 Å². The number of halogens is 2. The Balaban J connectivity index is 1.61. The van der Waals surface area contributed by atoms with Gasteiger partial charge in [-0.05, 0) is 25.8 Å². The third-order valence-corrected chi connectivity index (χ3v) is 4.47. The Morgan fingerprint density at radius 3 is 2.91 bits per heavy atom. The van der Waals surface area contributed by atoms with Crippen LogP contribution < -0.4 is 5.32 Å². The third-order valence-electron chi connectivity index (χ3n) is 3.98. The smallest absolute Gasteiger partial charge is 0.153 e. The number of hydrogen-bond donors (Lipinski definition) is 3. The predicted molar refractivity (Wildman–Crippen MR) is 85.3 cm³/mol. The molecular weight excluding hydrogens is 325 g/mol. The van der Waals surface area contributed by atoms with E-state index >= 15 is 0 Å². The Labute approximate surface area is 138 Å². The maximum atomic E-state index is 10.2. The molecule has 3 rings (SSSR count). The number of aromatic amines is 1. The number of aryl methyl sites for hydroxylation is 1. The van der Waals surface area contributed by atoms with Gasteiger partial charge in [-0.25, -0.2) is 9.97 Å². The molecule has 1 fully saturated rings. The molecule has 2 aromatic heterocycles. The van der Waals surface area contributed by atoms with Crippen LogP contribution in [0.2, 0.25) is 10.0 Å². The van der Waals surface area contributed by atoms with Gasteiger partial charge in [0, 0.05) is 24.6 Å². The third kappa shape index (κ3) is 3.34. The van der Waals surface area contributed by atoms with Gasteiger partial charge in [-0.2, -0.15) is 5.10 Å². The number of nitrogens with zero attached hydrogens (tertiary/aromatic N) is 3. The Bertz CT molecular complexity index is 662. The number of hydrogen-bond acceptors (Lipinski definition) is 5. The zero-order valence-corrected chi connectivity index (χ0v) is 13.6. The van der Waals surface area contributed by atoms with Crippen molar-refractivity contribution >= 4 is 29.0 Å². The van der Waals surface area contributed by atoms with E-state index in [1.54, 1.807) is 12.3 Å². The molecule has 3 atom stereocenters. The monoisotopic (exact) mass is 341 g/mol. The summed E-state index contributed by atoms with van der Waals surface area (Å²) in [6.45, 7) is 2.46. The van der Waals surface area contributed by atoms with Crippen LogP contribution in [0.15, 0.2) is 12.3 Å². The van der Waals surface area contributed by atoms with E-state index in [0.717, 1.165) is 18.1 Å². The lowest BCUT2D eigenvalue weighted by atomic mass is 10.0. The van der Waals surface area contributed by atoms with Crippen LogP contribution in [0.5, 0.6) is 0 Å². The highest BCUT2D eigenvalue weighted by molar-refractivity contribution is 6.35. The van der Waals surface area contributed by atoms with Crippen molar-refractivity contribution in [1.29, 1.82) is 0 Å². The molecule has 0 aromatic carbocycles. The van der Waals surface area contributed by atoms with E-state index in [4.69, 9.17) is 23.2 Å². The largest absolute Gasteiger partial charge is 0.393 e. The second-order valence-corrected chi connectivity index (χ2v) is 6.48. The van der Waals surface area contributed by atoms with Crippen LogP contribution in [0.3, 0.4) is 0 Å². The van der Waals surface area contributed by atoms with E-state index < -0.39 is 0 Å². The Morgan fingerprint density at radius 2 is 2.23 bits per heavy atom.